The van der Waals surface area contributed by atoms with Gasteiger partial charge in [0.05, 0.1) is 0 Å². The minimum absolute atomic E-state index is 0.0791. The second-order valence-electron chi connectivity index (χ2n) is 7.08. The molecule has 0 saturated carbocycles. The van der Waals surface area contributed by atoms with Gasteiger partial charge in [-0.1, -0.05) is 56.1 Å². The number of nitrogens with one attached hydrogen (secondary N) is 1. The van der Waals surface area contributed by atoms with E-state index in [2.05, 4.69) is 102 Å². The number of hydrogen-bond donors (Lipinski definition) is 1. The van der Waals surface area contributed by atoms with Gasteiger partial charge in [0.1, 0.15) is 12.4 Å². The third kappa shape index (κ3) is 3.25. The number of hydrogen-bond acceptors (Lipinski definition) is 3. The van der Waals surface area contributed by atoms with Gasteiger partial charge >= 0.3 is 0 Å². The average molecular weight is 498 g/mol. The van der Waals surface area contributed by atoms with Crippen LogP contribution in [0.2, 0.25) is 0 Å². The van der Waals surface area contributed by atoms with Gasteiger partial charge in [-0.15, -0.1) is 0 Å². The Morgan fingerprint density at radius 1 is 0.964 bits per heavy atom. The number of rotatable bonds is 2. The minimum Gasteiger partial charge on any atom is -0.324 e. The first-order valence-corrected chi connectivity index (χ1v) is 10.9. The Balaban J connectivity index is 1.63. The monoisotopic (exact) mass is 496 g/mol. The third-order valence-electron chi connectivity index (χ3n) is 5.32. The summed E-state index contributed by atoms with van der Waals surface area (Å²) in [4.78, 5) is 4.46. The van der Waals surface area contributed by atoms with E-state index in [1.807, 2.05) is 4.68 Å². The van der Waals surface area contributed by atoms with Crippen LogP contribution in [-0.4, -0.2) is 14.8 Å². The van der Waals surface area contributed by atoms with Gasteiger partial charge in [-0.05, 0) is 71.9 Å². The van der Waals surface area contributed by atoms with E-state index in [4.69, 9.17) is 0 Å². The zero-order valence-electron chi connectivity index (χ0n) is 15.1. The normalized spacial score (nSPS) is 19.9. The molecule has 140 valence electrons. The lowest BCUT2D eigenvalue weighted by Gasteiger charge is -2.34. The van der Waals surface area contributed by atoms with E-state index in [-0.39, 0.29) is 6.04 Å². The Bertz CT molecular complexity index is 1080. The molecule has 0 bridgehead atoms. The molecule has 1 N–H and O–H groups in total. The fraction of sp³-hybridized carbons (Fsp3) is 0.182. The van der Waals surface area contributed by atoms with Gasteiger partial charge in [-0.3, -0.25) is 0 Å². The summed E-state index contributed by atoms with van der Waals surface area (Å²) in [5.74, 6) is 0.801. The molecule has 2 aliphatic rings. The maximum Gasteiger partial charge on any atom is 0.226 e. The van der Waals surface area contributed by atoms with Gasteiger partial charge in [0.2, 0.25) is 5.95 Å². The molecule has 1 aliphatic carbocycles. The molecule has 4 nitrogen and oxygen atoms in total. The molecule has 6 heteroatoms. The summed E-state index contributed by atoms with van der Waals surface area (Å²) in [7, 11) is 0. The highest BCUT2D eigenvalue weighted by atomic mass is 79.9. The number of allylic oxidation sites excluding steroid dienone is 2. The SMILES string of the molecule is Brc1ccc(/C=C2/CCCC3=C2Nc2ncnn2C3c2ccc(Br)cc2)cc1. The zero-order valence-corrected chi connectivity index (χ0v) is 18.2. The van der Waals surface area contributed by atoms with Crippen molar-refractivity contribution in [2.24, 2.45) is 0 Å². The van der Waals surface area contributed by atoms with Crippen molar-refractivity contribution in [1.82, 2.24) is 14.8 Å². The molecule has 1 aromatic heterocycles. The van der Waals surface area contributed by atoms with Crippen LogP contribution >= 0.6 is 31.9 Å². The highest BCUT2D eigenvalue weighted by Crippen LogP contribution is 2.43. The first-order valence-electron chi connectivity index (χ1n) is 9.30. The van der Waals surface area contributed by atoms with E-state index in [1.165, 1.54) is 28.0 Å². The highest BCUT2D eigenvalue weighted by Gasteiger charge is 2.33. The second kappa shape index (κ2) is 7.33. The van der Waals surface area contributed by atoms with Crippen LogP contribution in [0.15, 0.2) is 80.6 Å². The molecule has 28 heavy (non-hydrogen) atoms. The summed E-state index contributed by atoms with van der Waals surface area (Å²) in [6.45, 7) is 0. The number of benzene rings is 2. The Kier molecular flexibility index (Phi) is 4.69. The minimum atomic E-state index is 0.0791. The smallest absolute Gasteiger partial charge is 0.226 e. The summed E-state index contributed by atoms with van der Waals surface area (Å²) in [6.07, 6.45) is 7.17. The van der Waals surface area contributed by atoms with Crippen molar-refractivity contribution in [3.05, 3.63) is 91.8 Å². The van der Waals surface area contributed by atoms with Crippen LogP contribution in [-0.2, 0) is 0 Å². The Hall–Kier alpha value is -2.18. The predicted octanol–water partition coefficient (Wildman–Crippen LogP) is 6.34. The second-order valence-corrected chi connectivity index (χ2v) is 8.91. The standard InChI is InChI=1S/C22H18Br2N4/c23-17-8-4-14(5-9-17)12-16-2-1-3-19-20(16)27-22-25-13-26-28(22)21(19)15-6-10-18(24)11-7-15/h4-13,21H,1-3H2,(H,25,26,27)/b16-12-. The first-order chi connectivity index (χ1) is 13.7. The van der Waals surface area contributed by atoms with E-state index >= 15 is 0 Å². The topological polar surface area (TPSA) is 42.7 Å². The number of halogens is 2. The Labute approximate surface area is 180 Å². The summed E-state index contributed by atoms with van der Waals surface area (Å²) < 4.78 is 4.18. The molecule has 0 spiro atoms. The van der Waals surface area contributed by atoms with Crippen molar-refractivity contribution in [2.75, 3.05) is 5.32 Å². The molecule has 0 fully saturated rings. The van der Waals surface area contributed by atoms with Gasteiger partial charge in [-0.25, -0.2) is 4.68 Å². The zero-order chi connectivity index (χ0) is 19.1. The van der Waals surface area contributed by atoms with E-state index in [0.717, 1.165) is 34.2 Å². The molecule has 0 radical (unpaired) electrons. The maximum absolute atomic E-state index is 4.52. The van der Waals surface area contributed by atoms with Gasteiger partial charge in [0, 0.05) is 14.6 Å². The fourth-order valence-corrected chi connectivity index (χ4v) is 4.57. The maximum atomic E-state index is 4.52. The van der Waals surface area contributed by atoms with E-state index < -0.39 is 0 Å². The molecule has 1 aliphatic heterocycles. The molecule has 3 aromatic rings. The number of aromatic nitrogens is 3. The number of anilines is 1. The Morgan fingerprint density at radius 3 is 2.43 bits per heavy atom. The van der Waals surface area contributed by atoms with Gasteiger partial charge < -0.3 is 5.32 Å². The lowest BCUT2D eigenvalue weighted by molar-refractivity contribution is 0.538. The van der Waals surface area contributed by atoms with Crippen molar-refractivity contribution in [3.8, 4) is 0 Å². The van der Waals surface area contributed by atoms with Crippen LogP contribution in [0.1, 0.15) is 36.4 Å². The summed E-state index contributed by atoms with van der Waals surface area (Å²) >= 11 is 7.06. The van der Waals surface area contributed by atoms with Crippen molar-refractivity contribution in [3.63, 3.8) is 0 Å². The quantitative estimate of drug-likeness (QED) is 0.449. The largest absolute Gasteiger partial charge is 0.324 e. The predicted molar refractivity (Wildman–Crippen MR) is 119 cm³/mol. The van der Waals surface area contributed by atoms with Crippen LogP contribution < -0.4 is 5.32 Å². The molecular weight excluding hydrogens is 480 g/mol. The first kappa shape index (κ1) is 17.9. The van der Waals surface area contributed by atoms with Crippen LogP contribution in [0.25, 0.3) is 6.08 Å². The molecule has 2 heterocycles. The van der Waals surface area contributed by atoms with Crippen molar-refractivity contribution < 1.29 is 0 Å². The number of nitrogens with zero attached hydrogens (tertiary/aromatic N) is 3. The van der Waals surface area contributed by atoms with E-state index in [1.54, 1.807) is 6.33 Å². The van der Waals surface area contributed by atoms with Crippen LogP contribution in [0.3, 0.4) is 0 Å². The van der Waals surface area contributed by atoms with Gasteiger partial charge in [0.25, 0.3) is 0 Å². The summed E-state index contributed by atoms with van der Waals surface area (Å²) in [5, 5.41) is 8.07. The van der Waals surface area contributed by atoms with Gasteiger partial charge in [-0.2, -0.15) is 10.1 Å². The molecule has 5 rings (SSSR count). The summed E-state index contributed by atoms with van der Waals surface area (Å²) in [6, 6.07) is 17.1. The molecule has 2 aromatic carbocycles. The number of fused-ring (bicyclic) bond motifs is 1. The third-order valence-corrected chi connectivity index (χ3v) is 6.37. The molecule has 1 unspecified atom stereocenters. The van der Waals surface area contributed by atoms with Crippen LogP contribution in [0, 0.1) is 0 Å². The lowest BCUT2D eigenvalue weighted by Crippen LogP contribution is -2.28. The van der Waals surface area contributed by atoms with Crippen LogP contribution in [0.4, 0.5) is 5.95 Å². The molecule has 0 saturated heterocycles. The average Bonchev–Trinajstić information content (AvgIpc) is 3.17. The summed E-state index contributed by atoms with van der Waals surface area (Å²) in [5.41, 5.74) is 6.37. The van der Waals surface area contributed by atoms with E-state index in [9.17, 15) is 0 Å². The molecule has 1 atom stereocenters. The fourth-order valence-electron chi connectivity index (χ4n) is 4.04. The van der Waals surface area contributed by atoms with Crippen molar-refractivity contribution >= 4 is 43.9 Å². The molecule has 0 amide bonds. The van der Waals surface area contributed by atoms with E-state index in [0.29, 0.717) is 0 Å². The van der Waals surface area contributed by atoms with Crippen molar-refractivity contribution in [2.45, 2.75) is 25.3 Å². The molecular formula is C22H18Br2N4. The highest BCUT2D eigenvalue weighted by molar-refractivity contribution is 9.10. The van der Waals surface area contributed by atoms with Crippen LogP contribution in [0.5, 0.6) is 0 Å². The van der Waals surface area contributed by atoms with Gasteiger partial charge in [0.15, 0.2) is 0 Å². The lowest BCUT2D eigenvalue weighted by atomic mass is 9.83. The Morgan fingerprint density at radius 2 is 1.68 bits per heavy atom. The van der Waals surface area contributed by atoms with Crippen molar-refractivity contribution in [1.29, 1.82) is 0 Å².